The largest absolute Gasteiger partial charge is 0.376 e. The van der Waals surface area contributed by atoms with Crippen molar-refractivity contribution in [2.45, 2.75) is 45.1 Å². The van der Waals surface area contributed by atoms with Gasteiger partial charge in [0, 0.05) is 23.4 Å². The second kappa shape index (κ2) is 10.6. The molecule has 0 atom stereocenters. The Morgan fingerprint density at radius 1 is 1.34 bits per heavy atom. The lowest BCUT2D eigenvalue weighted by atomic mass is 9.98. The fourth-order valence-corrected chi connectivity index (χ4v) is 4.68. The molecular formula is C21H26N4O2S2. The number of rotatable bonds is 8. The van der Waals surface area contributed by atoms with Crippen LogP contribution >= 0.6 is 23.3 Å². The smallest absolute Gasteiger partial charge is 0.280 e. The quantitative estimate of drug-likeness (QED) is 0.605. The van der Waals surface area contributed by atoms with E-state index in [9.17, 15) is 4.79 Å². The number of ether oxygens (including phenoxy) is 1. The molecule has 8 heteroatoms. The number of nitrogens with zero attached hydrogens (tertiary/aromatic N) is 3. The number of hydrogen-bond donors (Lipinski definition) is 1. The molecule has 1 aromatic carbocycles. The van der Waals surface area contributed by atoms with E-state index in [1.54, 1.807) is 12.1 Å². The first-order valence-corrected chi connectivity index (χ1v) is 11.9. The van der Waals surface area contributed by atoms with Gasteiger partial charge in [0.15, 0.2) is 5.13 Å². The molecule has 0 saturated heterocycles. The molecule has 1 N–H and O–H groups in total. The summed E-state index contributed by atoms with van der Waals surface area (Å²) in [6, 6.07) is 9.57. The van der Waals surface area contributed by atoms with Gasteiger partial charge in [-0.25, -0.2) is 4.98 Å². The normalized spacial score (nSPS) is 14.4. The Morgan fingerprint density at radius 2 is 2.07 bits per heavy atom. The summed E-state index contributed by atoms with van der Waals surface area (Å²) in [4.78, 5) is 19.8. The number of benzene rings is 1. The molecule has 154 valence electrons. The lowest BCUT2D eigenvalue weighted by molar-refractivity contribution is 0.0333. The summed E-state index contributed by atoms with van der Waals surface area (Å²) in [6.45, 7) is 3.14. The Morgan fingerprint density at radius 3 is 2.72 bits per heavy atom. The van der Waals surface area contributed by atoms with Gasteiger partial charge in [-0.2, -0.15) is 5.26 Å². The Bertz CT molecular complexity index is 855. The summed E-state index contributed by atoms with van der Waals surface area (Å²) in [5.41, 5.74) is 2.00. The number of nitriles is 1. The van der Waals surface area contributed by atoms with Gasteiger partial charge < -0.3 is 9.64 Å². The van der Waals surface area contributed by atoms with Crippen LogP contribution in [0.4, 0.5) is 10.8 Å². The van der Waals surface area contributed by atoms with Crippen molar-refractivity contribution in [1.82, 2.24) is 9.71 Å². The molecule has 0 spiro atoms. The third-order valence-corrected chi connectivity index (χ3v) is 6.34. The standard InChI is InChI=1S/C21H26N4O2S2/c1-15-19(20(26)24-28-2)23-21(29-15)25(17-10-8-16(14-22)9-11-17)12-13-27-18-6-4-3-5-7-18/h8-11,18H,3-7,12-13H2,1-2H3,(H,24,26). The number of thiazole rings is 1. The Kier molecular flexibility index (Phi) is 7.92. The average molecular weight is 431 g/mol. The number of aryl methyl sites for hydroxylation is 1. The highest BCUT2D eigenvalue weighted by Crippen LogP contribution is 2.32. The maximum absolute atomic E-state index is 12.3. The predicted octanol–water partition coefficient (Wildman–Crippen LogP) is 4.82. The molecule has 6 nitrogen and oxygen atoms in total. The molecule has 1 amide bonds. The predicted molar refractivity (Wildman–Crippen MR) is 119 cm³/mol. The minimum Gasteiger partial charge on any atom is -0.376 e. The van der Waals surface area contributed by atoms with Crippen molar-refractivity contribution in [2.24, 2.45) is 0 Å². The van der Waals surface area contributed by atoms with Crippen LogP contribution in [-0.4, -0.2) is 36.4 Å². The maximum atomic E-state index is 12.3. The molecule has 0 aliphatic heterocycles. The van der Waals surface area contributed by atoms with Crippen LogP contribution < -0.4 is 9.62 Å². The molecular weight excluding hydrogens is 404 g/mol. The summed E-state index contributed by atoms with van der Waals surface area (Å²) in [7, 11) is 0. The Balaban J connectivity index is 1.79. The van der Waals surface area contributed by atoms with Gasteiger partial charge >= 0.3 is 0 Å². The lowest BCUT2D eigenvalue weighted by Gasteiger charge is -2.26. The van der Waals surface area contributed by atoms with Crippen LogP contribution in [-0.2, 0) is 4.74 Å². The first-order valence-electron chi connectivity index (χ1n) is 9.82. The Labute approximate surface area is 180 Å². The number of carbonyl (C=O) groups excluding carboxylic acids is 1. The maximum Gasteiger partial charge on any atom is 0.280 e. The van der Waals surface area contributed by atoms with E-state index in [-0.39, 0.29) is 5.91 Å². The fraction of sp³-hybridized carbons (Fsp3) is 0.476. The van der Waals surface area contributed by atoms with E-state index in [1.165, 1.54) is 42.5 Å². The molecule has 1 aliphatic carbocycles. The van der Waals surface area contributed by atoms with Gasteiger partial charge in [0.2, 0.25) is 0 Å². The van der Waals surface area contributed by atoms with Crippen LogP contribution in [0.2, 0.25) is 0 Å². The van der Waals surface area contributed by atoms with Crippen LogP contribution in [0.15, 0.2) is 24.3 Å². The number of hydrogen-bond acceptors (Lipinski definition) is 7. The number of aromatic nitrogens is 1. The minimum atomic E-state index is -0.185. The first kappa shape index (κ1) is 21.6. The van der Waals surface area contributed by atoms with Gasteiger partial charge in [-0.3, -0.25) is 9.52 Å². The van der Waals surface area contributed by atoms with E-state index in [0.29, 0.717) is 30.5 Å². The molecule has 1 aliphatic rings. The third kappa shape index (κ3) is 5.72. The van der Waals surface area contributed by atoms with Crippen molar-refractivity contribution in [2.75, 3.05) is 24.3 Å². The molecule has 3 rings (SSSR count). The SMILES string of the molecule is CSNC(=O)c1nc(N(CCOC2CCCCC2)c2ccc(C#N)cc2)sc1C. The highest BCUT2D eigenvalue weighted by atomic mass is 32.2. The fourth-order valence-electron chi connectivity index (χ4n) is 3.44. The number of anilines is 2. The zero-order valence-electron chi connectivity index (χ0n) is 16.8. The van der Waals surface area contributed by atoms with Crippen LogP contribution in [0.1, 0.15) is 53.0 Å². The second-order valence-electron chi connectivity index (χ2n) is 6.98. The molecule has 1 saturated carbocycles. The minimum absolute atomic E-state index is 0.185. The van der Waals surface area contributed by atoms with Gasteiger partial charge in [-0.1, -0.05) is 31.2 Å². The van der Waals surface area contributed by atoms with E-state index in [0.717, 1.165) is 28.5 Å². The molecule has 0 unspecified atom stereocenters. The number of amides is 1. The monoisotopic (exact) mass is 430 g/mol. The molecule has 29 heavy (non-hydrogen) atoms. The van der Waals surface area contributed by atoms with Crippen molar-refractivity contribution >= 4 is 40.0 Å². The molecule has 1 fully saturated rings. The number of carbonyl (C=O) groups is 1. The second-order valence-corrected chi connectivity index (χ2v) is 8.77. The van der Waals surface area contributed by atoms with Gasteiger partial charge in [0.25, 0.3) is 5.91 Å². The van der Waals surface area contributed by atoms with Crippen LogP contribution in [0.25, 0.3) is 0 Å². The van der Waals surface area contributed by atoms with E-state index in [2.05, 4.69) is 20.7 Å². The molecule has 0 radical (unpaired) electrons. The van der Waals surface area contributed by atoms with Gasteiger partial charge in [-0.15, -0.1) is 11.3 Å². The summed E-state index contributed by atoms with van der Waals surface area (Å²) in [5.74, 6) is -0.185. The van der Waals surface area contributed by atoms with Crippen molar-refractivity contribution in [3.63, 3.8) is 0 Å². The molecule has 2 aromatic rings. The zero-order chi connectivity index (χ0) is 20.6. The number of nitrogens with one attached hydrogen (secondary N) is 1. The van der Waals surface area contributed by atoms with Gasteiger partial charge in [0.1, 0.15) is 5.69 Å². The van der Waals surface area contributed by atoms with Crippen LogP contribution in [0.5, 0.6) is 0 Å². The summed E-state index contributed by atoms with van der Waals surface area (Å²) in [6.07, 6.45) is 8.20. The van der Waals surface area contributed by atoms with Crippen LogP contribution in [0, 0.1) is 18.3 Å². The molecule has 1 aromatic heterocycles. The molecule has 0 bridgehead atoms. The summed E-state index contributed by atoms with van der Waals surface area (Å²) in [5, 5.41) is 9.84. The highest BCUT2D eigenvalue weighted by Gasteiger charge is 2.21. The topological polar surface area (TPSA) is 78.2 Å². The van der Waals surface area contributed by atoms with Gasteiger partial charge in [0.05, 0.1) is 24.3 Å². The van der Waals surface area contributed by atoms with E-state index >= 15 is 0 Å². The van der Waals surface area contributed by atoms with E-state index in [1.807, 2.05) is 25.3 Å². The van der Waals surface area contributed by atoms with Crippen molar-refractivity contribution in [3.8, 4) is 6.07 Å². The van der Waals surface area contributed by atoms with Crippen molar-refractivity contribution in [1.29, 1.82) is 5.26 Å². The first-order chi connectivity index (χ1) is 14.1. The zero-order valence-corrected chi connectivity index (χ0v) is 18.4. The van der Waals surface area contributed by atoms with E-state index < -0.39 is 0 Å². The molecule has 1 heterocycles. The Hall–Kier alpha value is -2.08. The van der Waals surface area contributed by atoms with Crippen LogP contribution in [0.3, 0.4) is 0 Å². The lowest BCUT2D eigenvalue weighted by Crippen LogP contribution is -2.26. The summed E-state index contributed by atoms with van der Waals surface area (Å²) >= 11 is 2.75. The average Bonchev–Trinajstić information content (AvgIpc) is 3.13. The highest BCUT2D eigenvalue weighted by molar-refractivity contribution is 7.97. The van der Waals surface area contributed by atoms with Crippen molar-refractivity contribution < 1.29 is 9.53 Å². The summed E-state index contributed by atoms with van der Waals surface area (Å²) < 4.78 is 8.86. The van der Waals surface area contributed by atoms with Crippen molar-refractivity contribution in [3.05, 3.63) is 40.4 Å². The van der Waals surface area contributed by atoms with E-state index in [4.69, 9.17) is 10.00 Å². The third-order valence-electron chi connectivity index (χ3n) is 4.95. The van der Waals surface area contributed by atoms with Gasteiger partial charge in [-0.05, 0) is 44.0 Å².